The summed E-state index contributed by atoms with van der Waals surface area (Å²) in [5.74, 6) is 1.07. The number of unbranched alkanes of at least 4 members (excludes halogenated alkanes) is 9. The Morgan fingerprint density at radius 2 is 1.24 bits per heavy atom. The highest BCUT2D eigenvalue weighted by Gasteiger charge is 2.24. The van der Waals surface area contributed by atoms with Crippen LogP contribution in [0, 0.1) is 0 Å². The van der Waals surface area contributed by atoms with Gasteiger partial charge in [-0.2, -0.15) is 0 Å². The average Bonchev–Trinajstić information content (AvgIpc) is 2.79. The van der Waals surface area contributed by atoms with Crippen LogP contribution in [0.25, 0.3) is 0 Å². The molecule has 2 unspecified atom stereocenters. The van der Waals surface area contributed by atoms with Gasteiger partial charge in [-0.1, -0.05) is 148 Å². The minimum atomic E-state index is 0.0600. The minimum absolute atomic E-state index is 0.0600. The highest BCUT2D eigenvalue weighted by molar-refractivity contribution is 5.51. The Morgan fingerprint density at radius 1 is 0.727 bits per heavy atom. The molecule has 0 aliphatic rings. The molecular weight excluding hydrogens is 400 g/mol. The smallest absolute Gasteiger partial charge is 0.122 e. The zero-order chi connectivity index (χ0) is 24.3. The van der Waals surface area contributed by atoms with Gasteiger partial charge in [-0.05, 0) is 34.4 Å². The lowest BCUT2D eigenvalue weighted by molar-refractivity contribution is 0.446. The summed E-state index contributed by atoms with van der Waals surface area (Å²) in [4.78, 5) is 0. The molecule has 33 heavy (non-hydrogen) atoms. The summed E-state index contributed by atoms with van der Waals surface area (Å²) >= 11 is 0. The summed E-state index contributed by atoms with van der Waals surface area (Å²) in [7, 11) is 0. The summed E-state index contributed by atoms with van der Waals surface area (Å²) in [6, 6.07) is 15.1. The van der Waals surface area contributed by atoms with Gasteiger partial charge in [0.25, 0.3) is 0 Å². The van der Waals surface area contributed by atoms with Gasteiger partial charge < -0.3 is 5.11 Å². The first-order chi connectivity index (χ1) is 15.8. The van der Waals surface area contributed by atoms with E-state index in [0.717, 1.165) is 17.5 Å². The number of benzene rings is 2. The third-order valence-electron chi connectivity index (χ3n) is 7.32. The zero-order valence-electron chi connectivity index (χ0n) is 22.4. The monoisotopic (exact) mass is 450 g/mol. The topological polar surface area (TPSA) is 20.2 Å². The first-order valence-electron chi connectivity index (χ1n) is 13.7. The molecule has 0 aromatic heterocycles. The summed E-state index contributed by atoms with van der Waals surface area (Å²) < 4.78 is 0. The van der Waals surface area contributed by atoms with Crippen LogP contribution in [0.15, 0.2) is 42.5 Å². The molecule has 0 bridgehead atoms. The van der Waals surface area contributed by atoms with Crippen molar-refractivity contribution in [3.8, 4) is 5.75 Å². The fraction of sp³-hybridized carbons (Fsp3) is 0.625. The van der Waals surface area contributed by atoms with Crippen molar-refractivity contribution in [2.24, 2.45) is 0 Å². The molecule has 0 saturated carbocycles. The van der Waals surface area contributed by atoms with Gasteiger partial charge >= 0.3 is 0 Å². The lowest BCUT2D eigenvalue weighted by Gasteiger charge is -2.26. The quantitative estimate of drug-likeness (QED) is 0.284. The second-order valence-electron chi connectivity index (χ2n) is 11.3. The molecule has 2 atom stereocenters. The molecule has 2 rings (SSSR count). The molecule has 0 aliphatic heterocycles. The van der Waals surface area contributed by atoms with E-state index in [2.05, 4.69) is 84.0 Å². The Labute approximate surface area is 205 Å². The van der Waals surface area contributed by atoms with E-state index >= 15 is 0 Å². The number of phenols is 1. The van der Waals surface area contributed by atoms with Crippen LogP contribution >= 0.6 is 0 Å². The van der Waals surface area contributed by atoms with Crippen LogP contribution in [-0.4, -0.2) is 5.11 Å². The Balaban J connectivity index is 2.00. The number of aromatic hydroxyl groups is 1. The highest BCUT2D eigenvalue weighted by Crippen LogP contribution is 2.41. The molecule has 2 aromatic carbocycles. The van der Waals surface area contributed by atoms with E-state index in [0.29, 0.717) is 11.7 Å². The summed E-state index contributed by atoms with van der Waals surface area (Å²) in [6.07, 6.45) is 14.8. The third kappa shape index (κ3) is 8.84. The van der Waals surface area contributed by atoms with Crippen LogP contribution in [0.2, 0.25) is 0 Å². The van der Waals surface area contributed by atoms with Gasteiger partial charge in [0, 0.05) is 11.5 Å². The first-order valence-corrected chi connectivity index (χ1v) is 13.7. The van der Waals surface area contributed by atoms with Crippen LogP contribution in [0.3, 0.4) is 0 Å². The van der Waals surface area contributed by atoms with Gasteiger partial charge in [0.2, 0.25) is 0 Å². The van der Waals surface area contributed by atoms with Crippen molar-refractivity contribution < 1.29 is 5.11 Å². The van der Waals surface area contributed by atoms with E-state index in [-0.39, 0.29) is 11.3 Å². The molecule has 0 saturated heterocycles. The Bertz CT molecular complexity index is 799. The van der Waals surface area contributed by atoms with E-state index in [1.165, 1.54) is 75.3 Å². The molecule has 184 valence electrons. The maximum Gasteiger partial charge on any atom is 0.122 e. The maximum atomic E-state index is 11.3. The van der Waals surface area contributed by atoms with Crippen LogP contribution in [0.4, 0.5) is 0 Å². The molecule has 0 aliphatic carbocycles. The Kier molecular flexibility index (Phi) is 11.5. The lowest BCUT2D eigenvalue weighted by atomic mass is 9.79. The first kappa shape index (κ1) is 27.5. The van der Waals surface area contributed by atoms with Crippen molar-refractivity contribution in [1.29, 1.82) is 0 Å². The lowest BCUT2D eigenvalue weighted by Crippen LogP contribution is -2.14. The van der Waals surface area contributed by atoms with Gasteiger partial charge in [-0.25, -0.2) is 0 Å². The number of hydrogen-bond donors (Lipinski definition) is 1. The van der Waals surface area contributed by atoms with Crippen molar-refractivity contribution in [3.63, 3.8) is 0 Å². The average molecular weight is 451 g/mol. The van der Waals surface area contributed by atoms with E-state index < -0.39 is 0 Å². The predicted molar refractivity (Wildman–Crippen MR) is 146 cm³/mol. The summed E-state index contributed by atoms with van der Waals surface area (Å²) in [5, 5.41) is 11.3. The van der Waals surface area contributed by atoms with Crippen LogP contribution in [0.5, 0.6) is 5.75 Å². The fourth-order valence-electron chi connectivity index (χ4n) is 4.83. The van der Waals surface area contributed by atoms with Crippen molar-refractivity contribution in [2.75, 3.05) is 0 Å². The summed E-state index contributed by atoms with van der Waals surface area (Å²) in [6.45, 7) is 13.6. The van der Waals surface area contributed by atoms with E-state index in [1.807, 2.05) is 0 Å². The number of rotatable bonds is 14. The van der Waals surface area contributed by atoms with Gasteiger partial charge in [-0.3, -0.25) is 0 Å². The molecule has 0 heterocycles. The molecule has 1 heteroatoms. The van der Waals surface area contributed by atoms with Crippen molar-refractivity contribution in [3.05, 3.63) is 64.7 Å². The highest BCUT2D eigenvalue weighted by atomic mass is 16.3. The SMILES string of the molecule is CCCCCCCCCCCCC(C)c1cc(C(C)(C)C)cc(C(C)c2ccccc2)c1O. The van der Waals surface area contributed by atoms with Crippen LogP contribution in [-0.2, 0) is 5.41 Å². The largest absolute Gasteiger partial charge is 0.507 e. The minimum Gasteiger partial charge on any atom is -0.507 e. The summed E-state index contributed by atoms with van der Waals surface area (Å²) in [5.41, 5.74) is 4.84. The molecule has 0 radical (unpaired) electrons. The maximum absolute atomic E-state index is 11.3. The molecule has 1 nitrogen and oxygen atoms in total. The second-order valence-corrected chi connectivity index (χ2v) is 11.3. The van der Waals surface area contributed by atoms with E-state index in [9.17, 15) is 5.11 Å². The van der Waals surface area contributed by atoms with Gasteiger partial charge in [-0.15, -0.1) is 0 Å². The van der Waals surface area contributed by atoms with Gasteiger partial charge in [0.05, 0.1) is 0 Å². The normalized spacial score (nSPS) is 13.8. The van der Waals surface area contributed by atoms with Gasteiger partial charge in [0.15, 0.2) is 0 Å². The van der Waals surface area contributed by atoms with Crippen molar-refractivity contribution in [1.82, 2.24) is 0 Å². The molecule has 0 spiro atoms. The molecule has 0 fully saturated rings. The van der Waals surface area contributed by atoms with Crippen LogP contribution in [0.1, 0.15) is 146 Å². The second kappa shape index (κ2) is 13.8. The number of hydrogen-bond acceptors (Lipinski definition) is 1. The molecule has 0 amide bonds. The molecular formula is C32H50O. The molecule has 1 N–H and O–H groups in total. The predicted octanol–water partition coefficient (Wildman–Crippen LogP) is 10.3. The molecule has 2 aromatic rings. The van der Waals surface area contributed by atoms with Crippen LogP contribution < -0.4 is 0 Å². The van der Waals surface area contributed by atoms with Gasteiger partial charge in [0.1, 0.15) is 5.75 Å². The third-order valence-corrected chi connectivity index (χ3v) is 7.32. The van der Waals surface area contributed by atoms with Crippen molar-refractivity contribution in [2.45, 2.75) is 129 Å². The van der Waals surface area contributed by atoms with E-state index in [1.54, 1.807) is 0 Å². The fourth-order valence-corrected chi connectivity index (χ4v) is 4.83. The van der Waals surface area contributed by atoms with Crippen molar-refractivity contribution >= 4 is 0 Å². The number of phenolic OH excluding ortho intramolecular Hbond substituents is 1. The Morgan fingerprint density at radius 3 is 1.79 bits per heavy atom. The van der Waals surface area contributed by atoms with E-state index in [4.69, 9.17) is 0 Å². The zero-order valence-corrected chi connectivity index (χ0v) is 22.4. The Hall–Kier alpha value is -1.76. The standard InChI is InChI=1S/C32H50O/c1-7-8-9-10-11-12-13-14-15-17-20-25(2)29-23-28(32(4,5)6)24-30(31(29)33)26(3)27-21-18-16-19-22-27/h16,18-19,21-26,33H,7-15,17,20H2,1-6H3.